The first-order valence-electron chi connectivity index (χ1n) is 8.07. The van der Waals surface area contributed by atoms with Gasteiger partial charge in [0.25, 0.3) is 0 Å². The second-order valence-corrected chi connectivity index (χ2v) is 5.92. The lowest BCUT2D eigenvalue weighted by Gasteiger charge is -2.30. The Morgan fingerprint density at radius 3 is 2.73 bits per heavy atom. The number of aromatic nitrogens is 2. The lowest BCUT2D eigenvalue weighted by molar-refractivity contribution is 0.190. The van der Waals surface area contributed by atoms with Crippen molar-refractivity contribution in [1.82, 2.24) is 20.4 Å². The van der Waals surface area contributed by atoms with Crippen LogP contribution in [-0.2, 0) is 19.3 Å². The van der Waals surface area contributed by atoms with Gasteiger partial charge in [0.1, 0.15) is 0 Å². The monoisotopic (exact) mass is 300 g/mol. The van der Waals surface area contributed by atoms with Gasteiger partial charge in [-0.2, -0.15) is 4.98 Å². The van der Waals surface area contributed by atoms with Crippen molar-refractivity contribution in [3.63, 3.8) is 0 Å². The molecule has 0 radical (unpaired) electrons. The van der Waals surface area contributed by atoms with Crippen molar-refractivity contribution in [1.29, 1.82) is 0 Å². The van der Waals surface area contributed by atoms with Gasteiger partial charge in [-0.25, -0.2) is 0 Å². The van der Waals surface area contributed by atoms with Gasteiger partial charge in [0, 0.05) is 26.1 Å². The van der Waals surface area contributed by atoms with Gasteiger partial charge in [-0.1, -0.05) is 36.3 Å². The van der Waals surface area contributed by atoms with Crippen molar-refractivity contribution in [2.24, 2.45) is 0 Å². The van der Waals surface area contributed by atoms with E-state index in [1.165, 1.54) is 11.1 Å². The summed E-state index contributed by atoms with van der Waals surface area (Å²) in [5.74, 6) is 1.53. The summed E-state index contributed by atoms with van der Waals surface area (Å²) in [6.07, 6.45) is 2.81. The van der Waals surface area contributed by atoms with E-state index >= 15 is 0 Å². The minimum absolute atomic E-state index is 0.218. The maximum absolute atomic E-state index is 5.42. The molecule has 1 atom stereocenters. The van der Waals surface area contributed by atoms with Crippen molar-refractivity contribution in [2.45, 2.75) is 32.2 Å². The van der Waals surface area contributed by atoms with Crippen LogP contribution in [0.5, 0.6) is 0 Å². The summed E-state index contributed by atoms with van der Waals surface area (Å²) in [7, 11) is 2.11. The topological polar surface area (TPSA) is 54.2 Å². The van der Waals surface area contributed by atoms with Crippen LogP contribution in [0.2, 0.25) is 0 Å². The Morgan fingerprint density at radius 2 is 2.00 bits per heavy atom. The Balaban J connectivity index is 1.59. The Labute approximate surface area is 131 Å². The number of benzene rings is 1. The maximum atomic E-state index is 5.42. The van der Waals surface area contributed by atoms with E-state index < -0.39 is 0 Å². The Morgan fingerprint density at radius 1 is 1.23 bits per heavy atom. The molecule has 2 aromatic rings. The summed E-state index contributed by atoms with van der Waals surface area (Å²) in [5, 5.41) is 7.54. The van der Waals surface area contributed by atoms with E-state index in [1.807, 2.05) is 0 Å². The third kappa shape index (κ3) is 3.54. The molecule has 1 aromatic carbocycles. The quantitative estimate of drug-likeness (QED) is 0.915. The average Bonchev–Trinajstić information content (AvgIpc) is 3.02. The minimum atomic E-state index is 0.218. The molecule has 118 valence electrons. The van der Waals surface area contributed by atoms with Gasteiger partial charge >= 0.3 is 0 Å². The van der Waals surface area contributed by atoms with Gasteiger partial charge in [0.15, 0.2) is 5.82 Å². The molecule has 1 N–H and O–H groups in total. The molecule has 2 heterocycles. The molecule has 5 nitrogen and oxygen atoms in total. The van der Waals surface area contributed by atoms with Gasteiger partial charge in [0.2, 0.25) is 5.89 Å². The average molecular weight is 300 g/mol. The van der Waals surface area contributed by atoms with Gasteiger partial charge in [0.05, 0.1) is 6.04 Å². The highest BCUT2D eigenvalue weighted by Crippen LogP contribution is 2.18. The fraction of sp³-hybridized carbons (Fsp3) is 0.529. The SMILES string of the molecule is CCc1ccc(CCc2nc(C3CNCCN3C)no2)cc1. The van der Waals surface area contributed by atoms with Crippen LogP contribution < -0.4 is 5.32 Å². The van der Waals surface area contributed by atoms with E-state index in [4.69, 9.17) is 4.52 Å². The number of nitrogens with one attached hydrogen (secondary N) is 1. The Kier molecular flexibility index (Phi) is 4.85. The molecule has 3 rings (SSSR count). The molecule has 1 aromatic heterocycles. The van der Waals surface area contributed by atoms with Gasteiger partial charge in [-0.3, -0.25) is 4.90 Å². The third-order valence-electron chi connectivity index (χ3n) is 4.35. The largest absolute Gasteiger partial charge is 0.339 e. The first kappa shape index (κ1) is 15.2. The predicted octanol–water partition coefficient (Wildman–Crippen LogP) is 1.99. The summed E-state index contributed by atoms with van der Waals surface area (Å²) in [5.41, 5.74) is 2.69. The summed E-state index contributed by atoms with van der Waals surface area (Å²) in [6, 6.07) is 8.98. The van der Waals surface area contributed by atoms with Crippen LogP contribution in [-0.4, -0.2) is 41.7 Å². The Hall–Kier alpha value is -1.72. The molecular formula is C17H24N4O. The molecule has 1 saturated heterocycles. The fourth-order valence-corrected chi connectivity index (χ4v) is 2.79. The van der Waals surface area contributed by atoms with E-state index in [0.717, 1.165) is 50.6 Å². The first-order chi connectivity index (χ1) is 10.8. The number of likely N-dealkylation sites (N-methyl/N-ethyl adjacent to an activating group) is 1. The molecule has 0 spiro atoms. The molecule has 22 heavy (non-hydrogen) atoms. The molecule has 0 aliphatic carbocycles. The number of piperazine rings is 1. The summed E-state index contributed by atoms with van der Waals surface area (Å²) < 4.78 is 5.42. The van der Waals surface area contributed by atoms with E-state index in [0.29, 0.717) is 0 Å². The van der Waals surface area contributed by atoms with Crippen molar-refractivity contribution in [2.75, 3.05) is 26.7 Å². The van der Waals surface area contributed by atoms with Gasteiger partial charge < -0.3 is 9.84 Å². The van der Waals surface area contributed by atoms with E-state index in [-0.39, 0.29) is 6.04 Å². The highest BCUT2D eigenvalue weighted by atomic mass is 16.5. The molecule has 0 bridgehead atoms. The van der Waals surface area contributed by atoms with E-state index in [1.54, 1.807) is 0 Å². The van der Waals surface area contributed by atoms with Gasteiger partial charge in [-0.05, 0) is 31.0 Å². The molecule has 5 heteroatoms. The number of rotatable bonds is 5. The predicted molar refractivity (Wildman–Crippen MR) is 85.8 cm³/mol. The highest BCUT2D eigenvalue weighted by molar-refractivity contribution is 5.22. The van der Waals surface area contributed by atoms with Crippen molar-refractivity contribution < 1.29 is 4.52 Å². The standard InChI is InChI=1S/C17H24N4O/c1-3-13-4-6-14(7-5-13)8-9-16-19-17(20-22-16)15-12-18-10-11-21(15)2/h4-7,15,18H,3,8-12H2,1-2H3. The second-order valence-electron chi connectivity index (χ2n) is 5.92. The third-order valence-corrected chi connectivity index (χ3v) is 4.35. The van der Waals surface area contributed by atoms with Crippen LogP contribution in [0, 0.1) is 0 Å². The Bertz CT molecular complexity index is 593. The zero-order chi connectivity index (χ0) is 15.4. The second kappa shape index (κ2) is 7.03. The van der Waals surface area contributed by atoms with Crippen LogP contribution in [0.3, 0.4) is 0 Å². The zero-order valence-electron chi connectivity index (χ0n) is 13.4. The molecule has 1 fully saturated rings. The van der Waals surface area contributed by atoms with Crippen LogP contribution in [0.15, 0.2) is 28.8 Å². The smallest absolute Gasteiger partial charge is 0.227 e. The molecule has 1 aliphatic heterocycles. The normalized spacial score (nSPS) is 19.5. The van der Waals surface area contributed by atoms with Gasteiger partial charge in [-0.15, -0.1) is 0 Å². The van der Waals surface area contributed by atoms with Crippen molar-refractivity contribution in [3.8, 4) is 0 Å². The molecule has 0 amide bonds. The fourth-order valence-electron chi connectivity index (χ4n) is 2.79. The molecule has 0 saturated carbocycles. The van der Waals surface area contributed by atoms with Crippen LogP contribution in [0.4, 0.5) is 0 Å². The van der Waals surface area contributed by atoms with Crippen LogP contribution >= 0.6 is 0 Å². The summed E-state index contributed by atoms with van der Waals surface area (Å²) in [6.45, 7) is 5.09. The molecule has 1 unspecified atom stereocenters. The lowest BCUT2D eigenvalue weighted by Crippen LogP contribution is -2.44. The number of hydrogen-bond donors (Lipinski definition) is 1. The molecular weight excluding hydrogens is 276 g/mol. The first-order valence-corrected chi connectivity index (χ1v) is 8.07. The number of nitrogens with zero attached hydrogens (tertiary/aromatic N) is 3. The van der Waals surface area contributed by atoms with Crippen LogP contribution in [0.25, 0.3) is 0 Å². The lowest BCUT2D eigenvalue weighted by atomic mass is 10.1. The van der Waals surface area contributed by atoms with E-state index in [2.05, 4.69) is 58.6 Å². The number of hydrogen-bond acceptors (Lipinski definition) is 5. The van der Waals surface area contributed by atoms with E-state index in [9.17, 15) is 0 Å². The summed E-state index contributed by atoms with van der Waals surface area (Å²) >= 11 is 0. The van der Waals surface area contributed by atoms with Crippen LogP contribution in [0.1, 0.15) is 35.8 Å². The minimum Gasteiger partial charge on any atom is -0.339 e. The summed E-state index contributed by atoms with van der Waals surface area (Å²) in [4.78, 5) is 6.85. The van der Waals surface area contributed by atoms with Crippen molar-refractivity contribution in [3.05, 3.63) is 47.1 Å². The zero-order valence-corrected chi connectivity index (χ0v) is 13.4. The van der Waals surface area contributed by atoms with Crippen molar-refractivity contribution >= 4 is 0 Å². The number of aryl methyl sites for hydroxylation is 3. The highest BCUT2D eigenvalue weighted by Gasteiger charge is 2.25. The molecule has 1 aliphatic rings. The maximum Gasteiger partial charge on any atom is 0.227 e.